The minimum Gasteiger partial charge on any atom is -0.407 e. The van der Waals surface area contributed by atoms with E-state index >= 15 is 0 Å². The van der Waals surface area contributed by atoms with Crippen molar-refractivity contribution in [1.82, 2.24) is 9.88 Å². The van der Waals surface area contributed by atoms with Gasteiger partial charge in [-0.15, -0.1) is 0 Å². The lowest BCUT2D eigenvalue weighted by molar-refractivity contribution is -0.0660. The van der Waals surface area contributed by atoms with Crippen molar-refractivity contribution in [2.45, 2.75) is 5.92 Å². The number of halogens is 2. The Kier molecular flexibility index (Phi) is 3.25. The van der Waals surface area contributed by atoms with Crippen molar-refractivity contribution < 1.29 is 22.7 Å². The molecule has 1 aliphatic heterocycles. The van der Waals surface area contributed by atoms with Gasteiger partial charge in [-0.25, -0.2) is 13.6 Å². The predicted octanol–water partition coefficient (Wildman–Crippen LogP) is 1.23. The molecule has 0 radical (unpaired) electrons. The van der Waals surface area contributed by atoms with E-state index in [1.54, 1.807) is 12.1 Å². The predicted molar refractivity (Wildman–Crippen MR) is 68.5 cm³/mol. The zero-order valence-electron chi connectivity index (χ0n) is 10.9. The monoisotopic (exact) mass is 298 g/mol. The zero-order chi connectivity index (χ0) is 15.0. The van der Waals surface area contributed by atoms with Gasteiger partial charge < -0.3 is 14.1 Å². The van der Waals surface area contributed by atoms with Crippen LogP contribution < -0.4 is 5.76 Å². The number of rotatable bonds is 1. The highest BCUT2D eigenvalue weighted by atomic mass is 19.3. The summed E-state index contributed by atoms with van der Waals surface area (Å²) >= 11 is 0. The van der Waals surface area contributed by atoms with Crippen LogP contribution in [-0.2, 0) is 4.74 Å². The van der Waals surface area contributed by atoms with E-state index in [9.17, 15) is 18.4 Å². The van der Waals surface area contributed by atoms with E-state index in [1.165, 1.54) is 6.07 Å². The van der Waals surface area contributed by atoms with Crippen LogP contribution in [0.2, 0.25) is 0 Å². The zero-order valence-corrected chi connectivity index (χ0v) is 10.9. The first-order valence-corrected chi connectivity index (χ1v) is 6.33. The Labute approximate surface area is 117 Å². The second-order valence-corrected chi connectivity index (χ2v) is 4.83. The van der Waals surface area contributed by atoms with E-state index in [4.69, 9.17) is 9.15 Å². The SMILES string of the molecule is O=C(c1cccc2[nH]c(=O)oc12)N1CCOCC(F)(F)C1. The Morgan fingerprint density at radius 2 is 2.19 bits per heavy atom. The molecular formula is C13H12F2N2O4. The molecule has 1 amide bonds. The van der Waals surface area contributed by atoms with Gasteiger partial charge in [-0.1, -0.05) is 6.07 Å². The summed E-state index contributed by atoms with van der Waals surface area (Å²) in [6, 6.07) is 4.55. The number of benzene rings is 1. The molecule has 1 saturated heterocycles. The molecule has 0 unspecified atom stereocenters. The number of alkyl halides is 2. The summed E-state index contributed by atoms with van der Waals surface area (Å²) in [6.07, 6.45) is 0. The molecule has 3 rings (SSSR count). The molecule has 0 bridgehead atoms. The summed E-state index contributed by atoms with van der Waals surface area (Å²) in [5.74, 6) is -4.41. The van der Waals surface area contributed by atoms with Crippen LogP contribution in [0.5, 0.6) is 0 Å². The van der Waals surface area contributed by atoms with Gasteiger partial charge in [-0.05, 0) is 12.1 Å². The molecular weight excluding hydrogens is 286 g/mol. The van der Waals surface area contributed by atoms with Crippen LogP contribution >= 0.6 is 0 Å². The van der Waals surface area contributed by atoms with Crippen molar-refractivity contribution in [3.63, 3.8) is 0 Å². The maximum atomic E-state index is 13.5. The molecule has 112 valence electrons. The fourth-order valence-electron chi connectivity index (χ4n) is 2.29. The van der Waals surface area contributed by atoms with Crippen LogP contribution in [0, 0.1) is 0 Å². The summed E-state index contributed by atoms with van der Waals surface area (Å²) in [5.41, 5.74) is 0.494. The second kappa shape index (κ2) is 4.96. The maximum Gasteiger partial charge on any atom is 0.417 e. The number of amides is 1. The third-order valence-electron chi connectivity index (χ3n) is 3.21. The van der Waals surface area contributed by atoms with Crippen LogP contribution in [0.25, 0.3) is 11.1 Å². The van der Waals surface area contributed by atoms with Gasteiger partial charge in [0.2, 0.25) is 0 Å². The maximum absolute atomic E-state index is 13.5. The fourth-order valence-corrected chi connectivity index (χ4v) is 2.29. The number of carbonyl (C=O) groups excluding carboxylic acids is 1. The largest absolute Gasteiger partial charge is 0.417 e. The molecule has 1 aliphatic rings. The molecule has 1 N–H and O–H groups in total. The minimum absolute atomic E-state index is 0.0361. The Bertz CT molecular complexity index is 737. The van der Waals surface area contributed by atoms with Crippen molar-refractivity contribution in [1.29, 1.82) is 0 Å². The molecule has 1 fully saturated rings. The highest BCUT2D eigenvalue weighted by Gasteiger charge is 2.37. The van der Waals surface area contributed by atoms with Crippen molar-refractivity contribution in [2.24, 2.45) is 0 Å². The average Bonchev–Trinajstić information content (AvgIpc) is 2.71. The van der Waals surface area contributed by atoms with Crippen LogP contribution in [0.1, 0.15) is 10.4 Å². The van der Waals surface area contributed by atoms with Gasteiger partial charge >= 0.3 is 5.76 Å². The molecule has 21 heavy (non-hydrogen) atoms. The standard InChI is InChI=1S/C13H12F2N2O4/c14-13(15)6-17(4-5-20-7-13)11(18)8-2-1-3-9-10(8)21-12(19)16-9/h1-3H,4-7H2,(H,16,19). The summed E-state index contributed by atoms with van der Waals surface area (Å²) in [7, 11) is 0. The Balaban J connectivity index is 1.98. The number of hydrogen-bond donors (Lipinski definition) is 1. The molecule has 0 saturated carbocycles. The molecule has 0 atom stereocenters. The molecule has 0 spiro atoms. The smallest absolute Gasteiger partial charge is 0.407 e. The van der Waals surface area contributed by atoms with Crippen LogP contribution in [0.15, 0.2) is 27.4 Å². The van der Waals surface area contributed by atoms with E-state index in [0.29, 0.717) is 5.52 Å². The van der Waals surface area contributed by atoms with Gasteiger partial charge in [0.1, 0.15) is 6.61 Å². The van der Waals surface area contributed by atoms with Gasteiger partial charge in [-0.3, -0.25) is 9.78 Å². The van der Waals surface area contributed by atoms with Crippen LogP contribution in [0.3, 0.4) is 0 Å². The lowest BCUT2D eigenvalue weighted by atomic mass is 10.1. The van der Waals surface area contributed by atoms with E-state index in [-0.39, 0.29) is 24.3 Å². The number of ether oxygens (including phenoxy) is 1. The van der Waals surface area contributed by atoms with E-state index in [2.05, 4.69) is 4.98 Å². The molecule has 8 heteroatoms. The number of hydrogen-bond acceptors (Lipinski definition) is 4. The van der Waals surface area contributed by atoms with Gasteiger partial charge in [-0.2, -0.15) is 0 Å². The van der Waals surface area contributed by atoms with Crippen molar-refractivity contribution in [3.05, 3.63) is 34.3 Å². The number of carbonyl (C=O) groups is 1. The highest BCUT2D eigenvalue weighted by molar-refractivity contribution is 6.04. The highest BCUT2D eigenvalue weighted by Crippen LogP contribution is 2.22. The molecule has 0 aliphatic carbocycles. The third-order valence-corrected chi connectivity index (χ3v) is 3.21. The summed E-state index contributed by atoms with van der Waals surface area (Å²) in [5, 5.41) is 0. The van der Waals surface area contributed by atoms with E-state index < -0.39 is 30.7 Å². The average molecular weight is 298 g/mol. The molecule has 2 heterocycles. The number of fused-ring (bicyclic) bond motifs is 1. The van der Waals surface area contributed by atoms with Crippen molar-refractivity contribution in [2.75, 3.05) is 26.3 Å². The Morgan fingerprint density at radius 1 is 1.38 bits per heavy atom. The molecule has 1 aromatic heterocycles. The number of aromatic nitrogens is 1. The number of aromatic amines is 1. The molecule has 6 nitrogen and oxygen atoms in total. The first-order valence-electron chi connectivity index (χ1n) is 6.33. The normalized spacial score (nSPS) is 18.7. The Morgan fingerprint density at radius 3 is 3.00 bits per heavy atom. The fraction of sp³-hybridized carbons (Fsp3) is 0.385. The number of nitrogens with one attached hydrogen (secondary N) is 1. The summed E-state index contributed by atoms with van der Waals surface area (Å²) in [6.45, 7) is -1.34. The summed E-state index contributed by atoms with van der Waals surface area (Å²) < 4.78 is 36.7. The van der Waals surface area contributed by atoms with Gasteiger partial charge in [0.05, 0.1) is 24.2 Å². The second-order valence-electron chi connectivity index (χ2n) is 4.83. The lowest BCUT2D eigenvalue weighted by Gasteiger charge is -2.23. The number of nitrogens with zero attached hydrogens (tertiary/aromatic N) is 1. The number of H-pyrrole nitrogens is 1. The summed E-state index contributed by atoms with van der Waals surface area (Å²) in [4.78, 5) is 27.1. The molecule has 2 aromatic rings. The lowest BCUT2D eigenvalue weighted by Crippen LogP contribution is -2.41. The number of para-hydroxylation sites is 1. The topological polar surface area (TPSA) is 75.5 Å². The van der Waals surface area contributed by atoms with Crippen LogP contribution in [-0.4, -0.2) is 48.0 Å². The quantitative estimate of drug-likeness (QED) is 0.859. The van der Waals surface area contributed by atoms with Crippen LogP contribution in [0.4, 0.5) is 8.78 Å². The number of oxazole rings is 1. The van der Waals surface area contributed by atoms with Gasteiger partial charge in [0, 0.05) is 6.54 Å². The minimum atomic E-state index is -3.10. The van der Waals surface area contributed by atoms with E-state index in [0.717, 1.165) is 4.90 Å². The third kappa shape index (κ3) is 2.66. The van der Waals surface area contributed by atoms with Crippen molar-refractivity contribution >= 4 is 17.0 Å². The van der Waals surface area contributed by atoms with Gasteiger partial charge in [0.25, 0.3) is 11.8 Å². The van der Waals surface area contributed by atoms with Crippen molar-refractivity contribution in [3.8, 4) is 0 Å². The first-order chi connectivity index (χ1) is 9.96. The molecule has 1 aromatic carbocycles. The Hall–Kier alpha value is -2.22. The van der Waals surface area contributed by atoms with Gasteiger partial charge in [0.15, 0.2) is 5.58 Å². The first kappa shape index (κ1) is 13.7. The van der Waals surface area contributed by atoms with E-state index in [1.807, 2.05) is 0 Å².